The van der Waals surface area contributed by atoms with Crippen LogP contribution >= 0.6 is 0 Å². The first-order valence-electron chi connectivity index (χ1n) is 9.32. The van der Waals surface area contributed by atoms with Crippen LogP contribution in [0.15, 0.2) is 54.6 Å². The molecule has 1 fully saturated rings. The van der Waals surface area contributed by atoms with E-state index < -0.39 is 6.04 Å². The molecule has 1 aliphatic heterocycles. The second-order valence-electron chi connectivity index (χ2n) is 6.89. The van der Waals surface area contributed by atoms with E-state index in [1.165, 1.54) is 0 Å². The van der Waals surface area contributed by atoms with E-state index in [1.807, 2.05) is 54.6 Å². The smallest absolute Gasteiger partial charge is 0.319 e. The van der Waals surface area contributed by atoms with Gasteiger partial charge in [-0.3, -0.25) is 0 Å². The molecule has 0 aromatic heterocycles. The van der Waals surface area contributed by atoms with Gasteiger partial charge in [-0.1, -0.05) is 30.3 Å². The van der Waals surface area contributed by atoms with E-state index >= 15 is 0 Å². The number of piperidine rings is 1. The highest BCUT2D eigenvalue weighted by atomic mass is 16.5. The van der Waals surface area contributed by atoms with Crippen LogP contribution < -0.4 is 15.4 Å². The highest BCUT2D eigenvalue weighted by molar-refractivity contribution is 5.89. The van der Waals surface area contributed by atoms with Crippen LogP contribution in [0.4, 0.5) is 10.5 Å². The molecule has 0 unspecified atom stereocenters. The van der Waals surface area contributed by atoms with E-state index in [-0.39, 0.29) is 18.7 Å². The van der Waals surface area contributed by atoms with E-state index in [0.29, 0.717) is 5.69 Å². The number of carbonyl (C=O) groups is 1. The molecule has 1 atom stereocenters. The van der Waals surface area contributed by atoms with Crippen LogP contribution in [-0.2, 0) is 0 Å². The molecule has 2 amide bonds. The van der Waals surface area contributed by atoms with Gasteiger partial charge in [-0.05, 0) is 49.7 Å². The average Bonchev–Trinajstić information content (AvgIpc) is 2.70. The summed E-state index contributed by atoms with van der Waals surface area (Å²) in [7, 11) is 2.13. The minimum Gasteiger partial charge on any atom is -0.490 e. The number of aliphatic hydroxyl groups is 1. The monoisotopic (exact) mass is 369 g/mol. The number of ether oxygens (including phenoxy) is 1. The fourth-order valence-electron chi connectivity index (χ4n) is 3.16. The van der Waals surface area contributed by atoms with Crippen molar-refractivity contribution in [2.45, 2.75) is 25.0 Å². The molecule has 3 N–H and O–H groups in total. The first kappa shape index (κ1) is 19.2. The Kier molecular flexibility index (Phi) is 6.68. The Hall–Kier alpha value is -2.57. The number of nitrogens with one attached hydrogen (secondary N) is 2. The SMILES string of the molecule is CN1CCC(Oc2ccc(NC(=O)N[C@H](CO)c3ccccc3)cc2)CC1. The predicted molar refractivity (Wildman–Crippen MR) is 106 cm³/mol. The summed E-state index contributed by atoms with van der Waals surface area (Å²) in [5.74, 6) is 0.813. The lowest BCUT2D eigenvalue weighted by Gasteiger charge is -2.29. The topological polar surface area (TPSA) is 73.8 Å². The maximum absolute atomic E-state index is 12.2. The molecule has 0 radical (unpaired) electrons. The molecule has 1 aliphatic rings. The minimum atomic E-state index is -0.446. The van der Waals surface area contributed by atoms with Gasteiger partial charge in [0.1, 0.15) is 11.9 Å². The number of aliphatic hydroxyl groups excluding tert-OH is 1. The minimum absolute atomic E-state index is 0.166. The number of likely N-dealkylation sites (tertiary alicyclic amines) is 1. The van der Waals surface area contributed by atoms with Crippen LogP contribution in [0.2, 0.25) is 0 Å². The molecule has 2 aromatic rings. The van der Waals surface area contributed by atoms with Crippen molar-refractivity contribution < 1.29 is 14.6 Å². The Balaban J connectivity index is 1.51. The lowest BCUT2D eigenvalue weighted by molar-refractivity contribution is 0.114. The van der Waals surface area contributed by atoms with Crippen molar-refractivity contribution in [2.75, 3.05) is 32.1 Å². The van der Waals surface area contributed by atoms with Crippen molar-refractivity contribution in [3.8, 4) is 5.75 Å². The summed E-state index contributed by atoms with van der Waals surface area (Å²) in [6.07, 6.45) is 2.31. The molecule has 0 bridgehead atoms. The van der Waals surface area contributed by atoms with Gasteiger partial charge in [0, 0.05) is 18.8 Å². The molecule has 6 nitrogen and oxygen atoms in total. The molecule has 144 valence electrons. The Labute approximate surface area is 160 Å². The molecule has 0 spiro atoms. The first-order chi connectivity index (χ1) is 13.1. The van der Waals surface area contributed by atoms with Crippen LogP contribution in [0.1, 0.15) is 24.4 Å². The summed E-state index contributed by atoms with van der Waals surface area (Å²) < 4.78 is 6.02. The zero-order chi connectivity index (χ0) is 19.1. The Morgan fingerprint density at radius 2 is 1.81 bits per heavy atom. The largest absolute Gasteiger partial charge is 0.490 e. The van der Waals surface area contributed by atoms with Gasteiger partial charge in [-0.25, -0.2) is 4.79 Å². The number of anilines is 1. The van der Waals surface area contributed by atoms with Crippen LogP contribution in [0.5, 0.6) is 5.75 Å². The third kappa shape index (κ3) is 5.70. The Bertz CT molecular complexity index is 713. The summed E-state index contributed by atoms with van der Waals surface area (Å²) in [6, 6.07) is 16.0. The van der Waals surface area contributed by atoms with Gasteiger partial charge in [0.25, 0.3) is 0 Å². The molecule has 0 saturated carbocycles. The number of rotatable bonds is 6. The summed E-state index contributed by atoms with van der Waals surface area (Å²) in [6.45, 7) is 1.94. The van der Waals surface area contributed by atoms with E-state index in [9.17, 15) is 9.90 Å². The van der Waals surface area contributed by atoms with Crippen LogP contribution in [0.25, 0.3) is 0 Å². The van der Waals surface area contributed by atoms with Gasteiger partial charge in [0.15, 0.2) is 0 Å². The molecule has 1 heterocycles. The third-order valence-corrected chi connectivity index (χ3v) is 4.77. The van der Waals surface area contributed by atoms with E-state index in [2.05, 4.69) is 22.6 Å². The number of nitrogens with zero attached hydrogens (tertiary/aromatic N) is 1. The van der Waals surface area contributed by atoms with Crippen molar-refractivity contribution in [3.05, 3.63) is 60.2 Å². The predicted octanol–water partition coefficient (Wildman–Crippen LogP) is 3.01. The van der Waals surface area contributed by atoms with Gasteiger partial charge in [-0.15, -0.1) is 0 Å². The van der Waals surface area contributed by atoms with E-state index in [1.54, 1.807) is 0 Å². The van der Waals surface area contributed by atoms with E-state index in [0.717, 1.165) is 37.2 Å². The van der Waals surface area contributed by atoms with Crippen molar-refractivity contribution in [1.82, 2.24) is 10.2 Å². The van der Waals surface area contributed by atoms with Gasteiger partial charge in [-0.2, -0.15) is 0 Å². The van der Waals surface area contributed by atoms with Gasteiger partial charge < -0.3 is 25.4 Å². The Morgan fingerprint density at radius 1 is 1.15 bits per heavy atom. The first-order valence-corrected chi connectivity index (χ1v) is 9.32. The zero-order valence-electron chi connectivity index (χ0n) is 15.6. The van der Waals surface area contributed by atoms with Crippen molar-refractivity contribution in [3.63, 3.8) is 0 Å². The van der Waals surface area contributed by atoms with Gasteiger partial charge in [0.05, 0.1) is 12.6 Å². The van der Waals surface area contributed by atoms with Crippen molar-refractivity contribution in [1.29, 1.82) is 0 Å². The third-order valence-electron chi connectivity index (χ3n) is 4.77. The summed E-state index contributed by atoms with van der Waals surface area (Å²) in [4.78, 5) is 14.5. The lowest BCUT2D eigenvalue weighted by Crippen LogP contribution is -2.35. The number of urea groups is 1. The quantitative estimate of drug-likeness (QED) is 0.732. The van der Waals surface area contributed by atoms with Gasteiger partial charge in [0.2, 0.25) is 0 Å². The maximum atomic E-state index is 12.2. The lowest BCUT2D eigenvalue weighted by atomic mass is 10.1. The van der Waals surface area contributed by atoms with Crippen LogP contribution in [0, 0.1) is 0 Å². The second kappa shape index (κ2) is 9.39. The van der Waals surface area contributed by atoms with Crippen molar-refractivity contribution >= 4 is 11.7 Å². The van der Waals surface area contributed by atoms with Crippen molar-refractivity contribution in [2.24, 2.45) is 0 Å². The number of amides is 2. The average molecular weight is 369 g/mol. The zero-order valence-corrected chi connectivity index (χ0v) is 15.6. The Morgan fingerprint density at radius 3 is 2.44 bits per heavy atom. The number of hydrogen-bond donors (Lipinski definition) is 3. The molecule has 1 saturated heterocycles. The number of carbonyl (C=O) groups excluding carboxylic acids is 1. The molecule has 27 heavy (non-hydrogen) atoms. The molecular weight excluding hydrogens is 342 g/mol. The number of hydrogen-bond acceptors (Lipinski definition) is 4. The maximum Gasteiger partial charge on any atom is 0.319 e. The molecular formula is C21H27N3O3. The second-order valence-corrected chi connectivity index (χ2v) is 6.89. The summed E-state index contributed by atoms with van der Waals surface area (Å²) >= 11 is 0. The molecule has 0 aliphatic carbocycles. The standard InChI is InChI=1S/C21H27N3O3/c1-24-13-11-19(12-14-24)27-18-9-7-17(8-10-18)22-21(26)23-20(15-25)16-5-3-2-4-6-16/h2-10,19-20,25H,11-15H2,1H3,(H2,22,23,26)/t20-/m1/s1. The van der Waals surface area contributed by atoms with Crippen LogP contribution in [-0.4, -0.2) is 48.9 Å². The highest BCUT2D eigenvalue weighted by Gasteiger charge is 2.18. The van der Waals surface area contributed by atoms with Gasteiger partial charge >= 0.3 is 6.03 Å². The van der Waals surface area contributed by atoms with Crippen LogP contribution in [0.3, 0.4) is 0 Å². The summed E-state index contributed by atoms with van der Waals surface area (Å²) in [5, 5.41) is 15.1. The fraction of sp³-hybridized carbons (Fsp3) is 0.381. The number of benzene rings is 2. The highest BCUT2D eigenvalue weighted by Crippen LogP contribution is 2.21. The molecule has 6 heteroatoms. The fourth-order valence-corrected chi connectivity index (χ4v) is 3.16. The molecule has 3 rings (SSSR count). The summed E-state index contributed by atoms with van der Waals surface area (Å²) in [5.41, 5.74) is 1.53. The normalized spacial score (nSPS) is 16.5. The molecule has 2 aromatic carbocycles. The van der Waals surface area contributed by atoms with E-state index in [4.69, 9.17) is 4.74 Å².